The molecule has 73 heavy (non-hydrogen) atoms. The molecule has 4 aliphatic heterocycles. The number of aryl methyl sites for hydroxylation is 1. The highest BCUT2D eigenvalue weighted by Gasteiger charge is 2.24. The van der Waals surface area contributed by atoms with E-state index in [9.17, 15) is 14.4 Å². The Balaban J connectivity index is 0.000000181. The van der Waals surface area contributed by atoms with Crippen LogP contribution in [0.1, 0.15) is 137 Å². The van der Waals surface area contributed by atoms with E-state index in [1.165, 1.54) is 27.8 Å². The van der Waals surface area contributed by atoms with Crippen molar-refractivity contribution in [2.24, 2.45) is 0 Å². The molecule has 12 nitrogen and oxygen atoms in total. The van der Waals surface area contributed by atoms with Crippen molar-refractivity contribution in [3.8, 4) is 0 Å². The number of nitrogens with zero attached hydrogens (tertiary/aromatic N) is 4. The summed E-state index contributed by atoms with van der Waals surface area (Å²) < 4.78 is 21.1. The Kier molecular flexibility index (Phi) is 21.7. The van der Waals surface area contributed by atoms with E-state index in [2.05, 4.69) is 136 Å². The molecule has 4 aromatic rings. The van der Waals surface area contributed by atoms with Crippen molar-refractivity contribution in [2.75, 3.05) is 111 Å². The van der Waals surface area contributed by atoms with E-state index >= 15 is 0 Å². The van der Waals surface area contributed by atoms with Crippen LogP contribution in [-0.4, -0.2) is 143 Å². The second kappa shape index (κ2) is 26.9. The minimum Gasteiger partial charge on any atom is -0.379 e. The molecule has 12 heteroatoms. The van der Waals surface area contributed by atoms with Crippen LogP contribution in [0.5, 0.6) is 0 Å². The Morgan fingerprint density at radius 3 is 1.30 bits per heavy atom. The molecule has 4 heterocycles. The van der Waals surface area contributed by atoms with Gasteiger partial charge in [0, 0.05) is 75.7 Å². The molecule has 0 aliphatic carbocycles. The highest BCUT2D eigenvalue weighted by Crippen LogP contribution is 2.27. The van der Waals surface area contributed by atoms with Crippen molar-refractivity contribution in [1.29, 1.82) is 0 Å². The van der Waals surface area contributed by atoms with Crippen molar-refractivity contribution in [3.63, 3.8) is 0 Å². The Labute approximate surface area is 439 Å². The predicted octanol–water partition coefficient (Wildman–Crippen LogP) is 10.9. The molecule has 4 amide bonds. The van der Waals surface area contributed by atoms with Gasteiger partial charge in [-0.2, -0.15) is 0 Å². The zero-order valence-corrected chi connectivity index (χ0v) is 46.8. The summed E-state index contributed by atoms with van der Waals surface area (Å²) in [4.78, 5) is 44.7. The SMILES string of the molecule is CC(C)(C)c1ccc(C(=O)N2CCOCC2)cc1.CC(C)(C)c1ccc(CN2CCOCC2)cc1.CC(C)(C)c1cccc(NC(=O)N2CCOCC2)c1.Cc1cc(C(C)(C)C)ccc1C(=O)N1CCOCC1. The first-order valence-electron chi connectivity index (χ1n) is 26.5. The normalized spacial score (nSPS) is 16.9. The van der Waals surface area contributed by atoms with E-state index in [-0.39, 0.29) is 39.5 Å². The maximum absolute atomic E-state index is 12.5. The first-order valence-corrected chi connectivity index (χ1v) is 26.5. The molecule has 8 rings (SSSR count). The Morgan fingerprint density at radius 1 is 0.452 bits per heavy atom. The van der Waals surface area contributed by atoms with Crippen molar-refractivity contribution >= 4 is 23.5 Å². The van der Waals surface area contributed by atoms with Crippen molar-refractivity contribution in [2.45, 2.75) is 118 Å². The number of hydrogen-bond donors (Lipinski definition) is 1. The lowest BCUT2D eigenvalue weighted by Gasteiger charge is -2.28. The maximum Gasteiger partial charge on any atom is 0.321 e. The molecule has 0 atom stereocenters. The zero-order valence-electron chi connectivity index (χ0n) is 46.8. The summed E-state index contributed by atoms with van der Waals surface area (Å²) in [6.07, 6.45) is 0. The molecule has 4 fully saturated rings. The number of rotatable bonds is 5. The third-order valence-corrected chi connectivity index (χ3v) is 13.5. The summed E-state index contributed by atoms with van der Waals surface area (Å²) >= 11 is 0. The van der Waals surface area contributed by atoms with Gasteiger partial charge in [0.15, 0.2) is 0 Å². The molecule has 0 saturated carbocycles. The van der Waals surface area contributed by atoms with Gasteiger partial charge in [-0.25, -0.2) is 4.79 Å². The van der Waals surface area contributed by atoms with Crippen LogP contribution in [0.15, 0.2) is 91.0 Å². The van der Waals surface area contributed by atoms with Crippen LogP contribution < -0.4 is 5.32 Å². The fourth-order valence-corrected chi connectivity index (χ4v) is 8.53. The summed E-state index contributed by atoms with van der Waals surface area (Å²) in [6, 6.07) is 31.2. The second-order valence-electron chi connectivity index (χ2n) is 23.6. The Hall–Kier alpha value is -5.11. The van der Waals surface area contributed by atoms with Crippen LogP contribution in [0.3, 0.4) is 0 Å². The summed E-state index contributed by atoms with van der Waals surface area (Å²) in [5.41, 5.74) is 10.6. The zero-order chi connectivity index (χ0) is 53.4. The monoisotopic (exact) mass is 1000 g/mol. The predicted molar refractivity (Wildman–Crippen MR) is 296 cm³/mol. The fourth-order valence-electron chi connectivity index (χ4n) is 8.53. The quantitative estimate of drug-likeness (QED) is 0.210. The molecule has 400 valence electrons. The Bertz CT molecular complexity index is 2330. The number of morpholine rings is 4. The first kappa shape index (κ1) is 58.8. The largest absolute Gasteiger partial charge is 0.379 e. The number of hydrogen-bond acceptors (Lipinski definition) is 8. The third kappa shape index (κ3) is 19.0. The molecule has 4 aromatic carbocycles. The topological polar surface area (TPSA) is 113 Å². The van der Waals surface area contributed by atoms with E-state index in [1.54, 1.807) is 4.90 Å². The van der Waals surface area contributed by atoms with Gasteiger partial charge in [0.25, 0.3) is 11.8 Å². The average Bonchev–Trinajstić information content (AvgIpc) is 3.37. The van der Waals surface area contributed by atoms with E-state index in [4.69, 9.17) is 18.9 Å². The first-order chi connectivity index (χ1) is 34.4. The highest BCUT2D eigenvalue weighted by molar-refractivity contribution is 5.96. The van der Waals surface area contributed by atoms with Crippen LogP contribution in [0, 0.1) is 6.92 Å². The number of urea groups is 1. The van der Waals surface area contributed by atoms with E-state index < -0.39 is 0 Å². The number of carbonyl (C=O) groups excluding carboxylic acids is 3. The van der Waals surface area contributed by atoms with Crippen LogP contribution in [0.4, 0.5) is 10.5 Å². The van der Waals surface area contributed by atoms with E-state index in [1.807, 2.05) is 65.3 Å². The van der Waals surface area contributed by atoms with Gasteiger partial charge >= 0.3 is 6.03 Å². The maximum atomic E-state index is 12.5. The highest BCUT2D eigenvalue weighted by atomic mass is 16.5. The lowest BCUT2D eigenvalue weighted by Crippen LogP contribution is -2.43. The van der Waals surface area contributed by atoms with Crippen LogP contribution in [0.2, 0.25) is 0 Å². The van der Waals surface area contributed by atoms with Crippen molar-refractivity contribution in [1.82, 2.24) is 19.6 Å². The fraction of sp³-hybridized carbons (Fsp3) is 0.557. The van der Waals surface area contributed by atoms with Crippen molar-refractivity contribution in [3.05, 3.63) is 136 Å². The van der Waals surface area contributed by atoms with E-state index in [0.29, 0.717) is 78.9 Å². The van der Waals surface area contributed by atoms with Gasteiger partial charge in [0.05, 0.1) is 52.9 Å². The number of amides is 4. The standard InChI is InChI=1S/C16H23NO2.C15H22N2O2.C15H21NO2.C15H23NO/c1-12-11-13(16(2,3)4)5-6-14(12)15(18)17-7-9-19-10-8-17;1-15(2,3)12-5-4-6-13(11-12)16-14(18)17-7-9-19-10-8-17;1-15(2,3)13-6-4-12(5-7-13)14(17)16-8-10-18-11-9-16;1-15(2,3)14-6-4-13(5-7-14)12-16-8-10-17-11-9-16/h5-6,11H,7-10H2,1-4H3;4-6,11H,7-10H2,1-3H3,(H,16,18);4-7H,8-11H2,1-3H3;4-7H,8-12H2,1-3H3. The summed E-state index contributed by atoms with van der Waals surface area (Å²) in [6.45, 7) is 41.2. The summed E-state index contributed by atoms with van der Waals surface area (Å²) in [7, 11) is 0. The molecule has 0 unspecified atom stereocenters. The molecule has 0 bridgehead atoms. The van der Waals surface area contributed by atoms with E-state index in [0.717, 1.165) is 55.2 Å². The molecule has 0 aromatic heterocycles. The minimum atomic E-state index is -0.0469. The van der Waals surface area contributed by atoms with Gasteiger partial charge in [-0.15, -0.1) is 0 Å². The van der Waals surface area contributed by atoms with Gasteiger partial charge in [-0.05, 0) is 92.3 Å². The average molecular weight is 1000 g/mol. The second-order valence-corrected chi connectivity index (χ2v) is 23.6. The van der Waals surface area contributed by atoms with Crippen molar-refractivity contribution < 1.29 is 33.3 Å². The number of ether oxygens (including phenoxy) is 4. The smallest absolute Gasteiger partial charge is 0.321 e. The third-order valence-electron chi connectivity index (χ3n) is 13.5. The Morgan fingerprint density at radius 2 is 0.849 bits per heavy atom. The molecule has 4 saturated heterocycles. The number of carbonyl (C=O) groups is 3. The van der Waals surface area contributed by atoms with Crippen LogP contribution in [-0.2, 0) is 47.2 Å². The summed E-state index contributed by atoms with van der Waals surface area (Å²) in [5, 5.41) is 2.96. The van der Waals surface area contributed by atoms with Gasteiger partial charge < -0.3 is 39.0 Å². The molecule has 0 radical (unpaired) electrons. The van der Waals surface area contributed by atoms with Gasteiger partial charge in [0.1, 0.15) is 0 Å². The molecular weight excluding hydrogens is 915 g/mol. The number of nitrogens with one attached hydrogen (secondary N) is 1. The lowest BCUT2D eigenvalue weighted by atomic mass is 9.85. The molecule has 4 aliphatic rings. The van der Waals surface area contributed by atoms with Gasteiger partial charge in [-0.1, -0.05) is 144 Å². The van der Waals surface area contributed by atoms with Crippen LogP contribution >= 0.6 is 0 Å². The minimum absolute atomic E-state index is 0.0469. The molecule has 1 N–H and O–H groups in total. The van der Waals surface area contributed by atoms with Crippen LogP contribution in [0.25, 0.3) is 0 Å². The summed E-state index contributed by atoms with van der Waals surface area (Å²) in [5.74, 6) is 0.236. The number of anilines is 1. The molecule has 0 spiro atoms. The van der Waals surface area contributed by atoms with Gasteiger partial charge in [0.2, 0.25) is 0 Å². The lowest BCUT2D eigenvalue weighted by molar-refractivity contribution is 0.0301. The van der Waals surface area contributed by atoms with Gasteiger partial charge in [-0.3, -0.25) is 14.5 Å². The number of benzene rings is 4. The molecular formula is C61H89N5O7.